The first-order chi connectivity index (χ1) is 17.1. The summed E-state index contributed by atoms with van der Waals surface area (Å²) in [6.07, 6.45) is 0. The van der Waals surface area contributed by atoms with E-state index in [9.17, 15) is 39.0 Å². The monoisotopic (exact) mass is 488 g/mol. The van der Waals surface area contributed by atoms with E-state index < -0.39 is 47.2 Å². The first-order valence-electron chi connectivity index (χ1n) is 10.1. The van der Waals surface area contributed by atoms with Crippen LogP contribution in [0.3, 0.4) is 0 Å². The van der Waals surface area contributed by atoms with Gasteiger partial charge < -0.3 is 30.3 Å². The lowest BCUT2D eigenvalue weighted by Crippen LogP contribution is -2.15. The van der Waals surface area contributed by atoms with Crippen LogP contribution < -0.4 is 10.6 Å². The van der Waals surface area contributed by atoms with Crippen LogP contribution in [0.15, 0.2) is 48.5 Å². The summed E-state index contributed by atoms with van der Waals surface area (Å²) in [6, 6.07) is 9.32. The molecule has 0 spiro atoms. The Kier molecular flexibility index (Phi) is 4.99. The van der Waals surface area contributed by atoms with Crippen LogP contribution in [0, 0.1) is 0 Å². The van der Waals surface area contributed by atoms with Crippen molar-refractivity contribution in [3.8, 4) is 11.5 Å². The predicted octanol–water partition coefficient (Wildman–Crippen LogP) is 2.22. The highest BCUT2D eigenvalue weighted by Crippen LogP contribution is 2.36. The number of amides is 2. The number of aromatic hydroxyl groups is 2. The molecule has 2 aliphatic rings. The van der Waals surface area contributed by atoms with Crippen molar-refractivity contribution in [2.24, 2.45) is 0 Å². The molecule has 4 N–H and O–H groups in total. The molecule has 0 fully saturated rings. The molecular formula is C24H12N2O10. The van der Waals surface area contributed by atoms with Crippen LogP contribution in [0.2, 0.25) is 0 Å². The van der Waals surface area contributed by atoms with E-state index in [0.29, 0.717) is 0 Å². The molecule has 36 heavy (non-hydrogen) atoms. The molecule has 0 aliphatic carbocycles. The second-order valence-electron chi connectivity index (χ2n) is 7.67. The summed E-state index contributed by atoms with van der Waals surface area (Å²) < 4.78 is 8.96. The molecule has 0 saturated carbocycles. The van der Waals surface area contributed by atoms with Crippen molar-refractivity contribution >= 4 is 47.1 Å². The van der Waals surface area contributed by atoms with Gasteiger partial charge in [-0.1, -0.05) is 0 Å². The van der Waals surface area contributed by atoms with Crippen molar-refractivity contribution in [2.75, 3.05) is 10.6 Å². The minimum atomic E-state index is -0.897. The van der Waals surface area contributed by atoms with E-state index in [2.05, 4.69) is 20.1 Å². The van der Waals surface area contributed by atoms with Crippen LogP contribution in [-0.4, -0.2) is 45.9 Å². The molecule has 0 saturated heterocycles. The lowest BCUT2D eigenvalue weighted by atomic mass is 10.0. The molecule has 3 aromatic carbocycles. The maximum atomic E-state index is 12.7. The van der Waals surface area contributed by atoms with Crippen LogP contribution in [-0.2, 0) is 9.47 Å². The van der Waals surface area contributed by atoms with Gasteiger partial charge in [0.1, 0.15) is 11.5 Å². The molecule has 0 unspecified atom stereocenters. The fraction of sp³-hybridized carbons (Fsp3) is 0. The summed E-state index contributed by atoms with van der Waals surface area (Å²) >= 11 is 0. The lowest BCUT2D eigenvalue weighted by molar-refractivity contribution is 0.0425. The predicted molar refractivity (Wildman–Crippen MR) is 118 cm³/mol. The van der Waals surface area contributed by atoms with Crippen molar-refractivity contribution in [1.29, 1.82) is 0 Å². The molecule has 3 aromatic rings. The molecule has 2 amide bonds. The quantitative estimate of drug-likeness (QED) is 0.184. The second kappa shape index (κ2) is 8.06. The molecule has 5 rings (SSSR count). The number of carbonyl (C=O) groups is 6. The topological polar surface area (TPSA) is 185 Å². The zero-order valence-electron chi connectivity index (χ0n) is 17.8. The molecule has 0 radical (unpaired) electrons. The first kappa shape index (κ1) is 22.3. The standard InChI is InChI=1S/C24H12N2O10/c27-17-8-18(28)16(26-20(30)10-2-4-12-14(6-10)24(34)36-22(12)32)7-15(17)25-19(29)9-1-3-11-13(5-9)23(33)35-21(11)31/h1-8,27-28H,(H,25,29)(H,26,30). The SMILES string of the molecule is O=C(Nc1cc(NC(=O)c2ccc3c(c2)C(=O)OC3=O)c(O)cc1O)c1ccc2c(c1)C(=O)OC2=O. The summed E-state index contributed by atoms with van der Waals surface area (Å²) in [4.78, 5) is 72.0. The highest BCUT2D eigenvalue weighted by atomic mass is 16.6. The van der Waals surface area contributed by atoms with E-state index in [1.54, 1.807) is 0 Å². The number of phenols is 2. The number of hydrogen-bond donors (Lipinski definition) is 4. The number of rotatable bonds is 4. The first-order valence-corrected chi connectivity index (χ1v) is 10.1. The summed E-state index contributed by atoms with van der Waals surface area (Å²) in [7, 11) is 0. The van der Waals surface area contributed by atoms with Gasteiger partial charge in [0.2, 0.25) is 0 Å². The van der Waals surface area contributed by atoms with Crippen LogP contribution in [0.25, 0.3) is 0 Å². The van der Waals surface area contributed by atoms with E-state index in [1.165, 1.54) is 24.3 Å². The van der Waals surface area contributed by atoms with Gasteiger partial charge in [-0.25, -0.2) is 19.2 Å². The van der Waals surface area contributed by atoms with Gasteiger partial charge in [0.25, 0.3) is 11.8 Å². The summed E-state index contributed by atoms with van der Waals surface area (Å²) in [5.74, 6) is -6.06. The Morgan fingerprint density at radius 2 is 0.944 bits per heavy atom. The van der Waals surface area contributed by atoms with Crippen molar-refractivity contribution in [3.63, 3.8) is 0 Å². The summed E-state index contributed by atoms with van der Waals surface area (Å²) in [5, 5.41) is 25.1. The molecule has 0 atom stereocenters. The number of carbonyl (C=O) groups excluding carboxylic acids is 6. The Morgan fingerprint density at radius 3 is 1.36 bits per heavy atom. The second-order valence-corrected chi connectivity index (χ2v) is 7.67. The molecule has 178 valence electrons. The Morgan fingerprint density at radius 1 is 0.556 bits per heavy atom. The van der Waals surface area contributed by atoms with Crippen molar-refractivity contribution in [3.05, 3.63) is 81.9 Å². The highest BCUT2D eigenvalue weighted by Gasteiger charge is 2.31. The normalized spacial score (nSPS) is 13.6. The number of ether oxygens (including phenoxy) is 2. The maximum absolute atomic E-state index is 12.7. The lowest BCUT2D eigenvalue weighted by Gasteiger charge is -2.13. The number of esters is 4. The van der Waals surface area contributed by atoms with Gasteiger partial charge in [-0.3, -0.25) is 9.59 Å². The largest absolute Gasteiger partial charge is 0.506 e. The van der Waals surface area contributed by atoms with E-state index in [4.69, 9.17) is 0 Å². The molecule has 0 aromatic heterocycles. The third kappa shape index (κ3) is 3.68. The van der Waals surface area contributed by atoms with Crippen LogP contribution in [0.4, 0.5) is 11.4 Å². The number of phenolic OH excluding ortho intramolecular Hbond substituents is 2. The van der Waals surface area contributed by atoms with E-state index in [1.807, 2.05) is 0 Å². The molecular weight excluding hydrogens is 476 g/mol. The van der Waals surface area contributed by atoms with Crippen LogP contribution in [0.5, 0.6) is 11.5 Å². The van der Waals surface area contributed by atoms with Gasteiger partial charge in [0, 0.05) is 17.2 Å². The third-order valence-electron chi connectivity index (χ3n) is 5.42. The van der Waals surface area contributed by atoms with Gasteiger partial charge in [0.15, 0.2) is 0 Å². The fourth-order valence-corrected chi connectivity index (χ4v) is 3.62. The van der Waals surface area contributed by atoms with Crippen molar-refractivity contribution in [2.45, 2.75) is 0 Å². The smallest absolute Gasteiger partial charge is 0.346 e. The Balaban J connectivity index is 1.38. The summed E-state index contributed by atoms with van der Waals surface area (Å²) in [5.41, 5.74) is -0.607. The average Bonchev–Trinajstić information content (AvgIpc) is 3.30. The van der Waals surface area contributed by atoms with Gasteiger partial charge in [0.05, 0.1) is 33.6 Å². The highest BCUT2D eigenvalue weighted by molar-refractivity contribution is 6.17. The fourth-order valence-electron chi connectivity index (χ4n) is 3.62. The zero-order valence-corrected chi connectivity index (χ0v) is 17.8. The molecule has 0 bridgehead atoms. The number of hydrogen-bond acceptors (Lipinski definition) is 10. The summed E-state index contributed by atoms with van der Waals surface area (Å²) in [6.45, 7) is 0. The zero-order chi connectivity index (χ0) is 25.7. The van der Waals surface area contributed by atoms with E-state index >= 15 is 0 Å². The number of cyclic esters (lactones) is 4. The van der Waals surface area contributed by atoms with Crippen molar-refractivity contribution in [1.82, 2.24) is 0 Å². The third-order valence-corrected chi connectivity index (χ3v) is 5.42. The van der Waals surface area contributed by atoms with Crippen molar-refractivity contribution < 1.29 is 48.5 Å². The minimum absolute atomic E-state index is 0.0122. The number of nitrogens with one attached hydrogen (secondary N) is 2. The Labute approximate surface area is 200 Å². The maximum Gasteiger partial charge on any atom is 0.346 e. The van der Waals surface area contributed by atoms with Crippen LogP contribution in [0.1, 0.15) is 62.1 Å². The number of anilines is 2. The molecule has 2 heterocycles. The molecule has 12 nitrogen and oxygen atoms in total. The molecule has 12 heteroatoms. The number of fused-ring (bicyclic) bond motifs is 2. The van der Waals surface area contributed by atoms with Gasteiger partial charge in [-0.05, 0) is 42.5 Å². The van der Waals surface area contributed by atoms with E-state index in [-0.39, 0.29) is 44.8 Å². The van der Waals surface area contributed by atoms with Gasteiger partial charge in [-0.15, -0.1) is 0 Å². The average molecular weight is 488 g/mol. The minimum Gasteiger partial charge on any atom is -0.506 e. The Hall–Kier alpha value is -5.52. The van der Waals surface area contributed by atoms with Gasteiger partial charge in [-0.2, -0.15) is 0 Å². The van der Waals surface area contributed by atoms with E-state index in [0.717, 1.165) is 24.3 Å². The van der Waals surface area contributed by atoms with Crippen LogP contribution >= 0.6 is 0 Å². The van der Waals surface area contributed by atoms with Gasteiger partial charge >= 0.3 is 23.9 Å². The Bertz CT molecular complexity index is 1460. The molecule has 2 aliphatic heterocycles. The number of benzene rings is 3.